The molecule has 2 atom stereocenters. The molecule has 2 fully saturated rings. The summed E-state index contributed by atoms with van der Waals surface area (Å²) in [6.07, 6.45) is 4.98. The van der Waals surface area contributed by atoms with Crippen molar-refractivity contribution >= 4 is 15.9 Å². The molecule has 0 saturated carbocycles. The highest BCUT2D eigenvalue weighted by molar-refractivity contribution is 7.89. The number of carbonyl (C=O) groups excluding carboxylic acids is 1. The van der Waals surface area contributed by atoms with Gasteiger partial charge in [0, 0.05) is 25.6 Å². The lowest BCUT2D eigenvalue weighted by Gasteiger charge is -2.30. The number of hydrogen-bond acceptors (Lipinski definition) is 4. The number of sulfonamides is 1. The van der Waals surface area contributed by atoms with Gasteiger partial charge in [-0.15, -0.1) is 0 Å². The zero-order valence-corrected chi connectivity index (χ0v) is 16.9. The van der Waals surface area contributed by atoms with E-state index in [0.29, 0.717) is 36.7 Å². The molecule has 2 aliphatic heterocycles. The molecule has 27 heavy (non-hydrogen) atoms. The molecule has 2 N–H and O–H groups in total. The number of rotatable bonds is 6. The zero-order chi connectivity index (χ0) is 19.3. The lowest BCUT2D eigenvalue weighted by atomic mass is 9.95. The van der Waals surface area contributed by atoms with E-state index in [-0.39, 0.29) is 11.9 Å². The van der Waals surface area contributed by atoms with Gasteiger partial charge in [0.2, 0.25) is 15.9 Å². The maximum atomic E-state index is 12.7. The van der Waals surface area contributed by atoms with E-state index >= 15 is 0 Å². The van der Waals surface area contributed by atoms with Crippen LogP contribution in [0.15, 0.2) is 29.2 Å². The molecule has 150 valence electrons. The lowest BCUT2D eigenvalue weighted by Crippen LogP contribution is -2.48. The van der Waals surface area contributed by atoms with Gasteiger partial charge < -0.3 is 10.6 Å². The molecule has 0 aromatic heterocycles. The standard InChI is InChI=1S/C20H31N3O3S/c1-16-15-21-12-11-19(16)22-20(24)10-7-17-5-8-18(9-6-17)27(25,26)23-13-3-2-4-14-23/h5-6,8-9,16,19,21H,2-4,7,10-15H2,1H3,(H,22,24). The third-order valence-electron chi connectivity index (χ3n) is 5.65. The summed E-state index contributed by atoms with van der Waals surface area (Å²) in [5.41, 5.74) is 0.987. The van der Waals surface area contributed by atoms with Crippen LogP contribution in [0.25, 0.3) is 0 Å². The molecule has 0 radical (unpaired) electrons. The number of aryl methyl sites for hydroxylation is 1. The van der Waals surface area contributed by atoms with Crippen molar-refractivity contribution in [1.82, 2.24) is 14.9 Å². The maximum absolute atomic E-state index is 12.7. The molecule has 0 aliphatic carbocycles. The average Bonchev–Trinajstić information content (AvgIpc) is 2.69. The summed E-state index contributed by atoms with van der Waals surface area (Å²) in [6, 6.07) is 7.25. The van der Waals surface area contributed by atoms with Crippen LogP contribution < -0.4 is 10.6 Å². The fourth-order valence-corrected chi connectivity index (χ4v) is 5.36. The molecule has 1 amide bonds. The van der Waals surface area contributed by atoms with E-state index in [1.54, 1.807) is 16.4 Å². The van der Waals surface area contributed by atoms with Gasteiger partial charge >= 0.3 is 0 Å². The van der Waals surface area contributed by atoms with Crippen LogP contribution >= 0.6 is 0 Å². The average molecular weight is 394 g/mol. The summed E-state index contributed by atoms with van der Waals surface area (Å²) >= 11 is 0. The monoisotopic (exact) mass is 393 g/mol. The summed E-state index contributed by atoms with van der Waals surface area (Å²) in [5.74, 6) is 0.515. The van der Waals surface area contributed by atoms with E-state index in [0.717, 1.165) is 44.3 Å². The van der Waals surface area contributed by atoms with Gasteiger partial charge in [0.05, 0.1) is 4.90 Å². The zero-order valence-electron chi connectivity index (χ0n) is 16.1. The highest BCUT2D eigenvalue weighted by Crippen LogP contribution is 2.21. The minimum Gasteiger partial charge on any atom is -0.353 e. The molecule has 2 saturated heterocycles. The molecule has 3 rings (SSSR count). The van der Waals surface area contributed by atoms with Crippen LogP contribution in [0.4, 0.5) is 0 Å². The van der Waals surface area contributed by atoms with Crippen LogP contribution in [0.2, 0.25) is 0 Å². The molecule has 1 aromatic rings. The first-order chi connectivity index (χ1) is 13.0. The van der Waals surface area contributed by atoms with Crippen LogP contribution in [0, 0.1) is 5.92 Å². The first-order valence-corrected chi connectivity index (χ1v) is 11.5. The van der Waals surface area contributed by atoms with Crippen molar-refractivity contribution in [3.05, 3.63) is 29.8 Å². The number of carbonyl (C=O) groups is 1. The summed E-state index contributed by atoms with van der Waals surface area (Å²) in [7, 11) is -3.39. The van der Waals surface area contributed by atoms with Gasteiger partial charge in [-0.2, -0.15) is 4.31 Å². The maximum Gasteiger partial charge on any atom is 0.243 e. The van der Waals surface area contributed by atoms with Gasteiger partial charge in [-0.05, 0) is 62.4 Å². The molecule has 2 unspecified atom stereocenters. The van der Waals surface area contributed by atoms with E-state index in [1.807, 2.05) is 12.1 Å². The quantitative estimate of drug-likeness (QED) is 0.774. The molecular formula is C20H31N3O3S. The fourth-order valence-electron chi connectivity index (χ4n) is 3.85. The third kappa shape index (κ3) is 5.30. The van der Waals surface area contributed by atoms with Crippen LogP contribution in [-0.4, -0.2) is 50.9 Å². The Labute approximate surface area is 162 Å². The summed E-state index contributed by atoms with van der Waals surface area (Å²) in [5, 5.41) is 6.47. The fraction of sp³-hybridized carbons (Fsp3) is 0.650. The minimum atomic E-state index is -3.39. The van der Waals surface area contributed by atoms with Gasteiger partial charge in [-0.3, -0.25) is 4.79 Å². The second-order valence-corrected chi connectivity index (χ2v) is 9.69. The van der Waals surface area contributed by atoms with E-state index in [9.17, 15) is 13.2 Å². The minimum absolute atomic E-state index is 0.0683. The Kier molecular flexibility index (Phi) is 6.89. The van der Waals surface area contributed by atoms with Crippen molar-refractivity contribution in [3.63, 3.8) is 0 Å². The van der Waals surface area contributed by atoms with Gasteiger partial charge in [-0.25, -0.2) is 8.42 Å². The van der Waals surface area contributed by atoms with Crippen molar-refractivity contribution in [2.45, 2.75) is 56.4 Å². The lowest BCUT2D eigenvalue weighted by molar-refractivity contribution is -0.122. The normalized spacial score (nSPS) is 24.5. The molecule has 0 bridgehead atoms. The van der Waals surface area contributed by atoms with Crippen LogP contribution in [0.5, 0.6) is 0 Å². The number of piperidine rings is 2. The topological polar surface area (TPSA) is 78.5 Å². The smallest absolute Gasteiger partial charge is 0.243 e. The Morgan fingerprint density at radius 3 is 2.56 bits per heavy atom. The summed E-state index contributed by atoms with van der Waals surface area (Å²) in [4.78, 5) is 12.6. The van der Waals surface area contributed by atoms with Crippen molar-refractivity contribution in [2.75, 3.05) is 26.2 Å². The first-order valence-electron chi connectivity index (χ1n) is 10.1. The highest BCUT2D eigenvalue weighted by Gasteiger charge is 2.26. The van der Waals surface area contributed by atoms with Crippen molar-refractivity contribution in [3.8, 4) is 0 Å². The van der Waals surface area contributed by atoms with Gasteiger partial charge in [0.25, 0.3) is 0 Å². The van der Waals surface area contributed by atoms with Gasteiger partial charge in [-0.1, -0.05) is 25.5 Å². The van der Waals surface area contributed by atoms with E-state index in [2.05, 4.69) is 17.6 Å². The largest absolute Gasteiger partial charge is 0.353 e. The number of hydrogen-bond donors (Lipinski definition) is 2. The molecule has 1 aromatic carbocycles. The van der Waals surface area contributed by atoms with Crippen LogP contribution in [0.3, 0.4) is 0 Å². The Morgan fingerprint density at radius 1 is 1.19 bits per heavy atom. The molecule has 2 heterocycles. The number of benzene rings is 1. The van der Waals surface area contributed by atoms with E-state index in [4.69, 9.17) is 0 Å². The second-order valence-electron chi connectivity index (χ2n) is 7.75. The Morgan fingerprint density at radius 2 is 1.89 bits per heavy atom. The van der Waals surface area contributed by atoms with Crippen LogP contribution in [0.1, 0.15) is 44.6 Å². The predicted molar refractivity (Wildman–Crippen MR) is 106 cm³/mol. The van der Waals surface area contributed by atoms with Crippen LogP contribution in [-0.2, 0) is 21.2 Å². The number of amides is 1. The molecule has 7 heteroatoms. The second kappa shape index (κ2) is 9.17. The first kappa shape index (κ1) is 20.3. The highest BCUT2D eigenvalue weighted by atomic mass is 32.2. The molecule has 6 nitrogen and oxygen atoms in total. The third-order valence-corrected chi connectivity index (χ3v) is 7.56. The predicted octanol–water partition coefficient (Wildman–Crippen LogP) is 1.91. The van der Waals surface area contributed by atoms with Crippen molar-refractivity contribution < 1.29 is 13.2 Å². The van der Waals surface area contributed by atoms with Crippen molar-refractivity contribution in [2.24, 2.45) is 5.92 Å². The summed E-state index contributed by atoms with van der Waals surface area (Å²) in [6.45, 7) is 5.26. The van der Waals surface area contributed by atoms with E-state index in [1.165, 1.54) is 0 Å². The Balaban J connectivity index is 1.52. The summed E-state index contributed by atoms with van der Waals surface area (Å²) < 4.78 is 26.9. The molecule has 0 spiro atoms. The number of nitrogens with zero attached hydrogens (tertiary/aromatic N) is 1. The van der Waals surface area contributed by atoms with Crippen molar-refractivity contribution in [1.29, 1.82) is 0 Å². The SMILES string of the molecule is CC1CNCCC1NC(=O)CCc1ccc(S(=O)(=O)N2CCCCC2)cc1. The molecule has 2 aliphatic rings. The van der Waals surface area contributed by atoms with E-state index < -0.39 is 10.0 Å². The van der Waals surface area contributed by atoms with Gasteiger partial charge in [0.15, 0.2) is 0 Å². The Hall–Kier alpha value is -1.44. The van der Waals surface area contributed by atoms with Gasteiger partial charge in [0.1, 0.15) is 0 Å². The number of nitrogens with one attached hydrogen (secondary N) is 2. The molecular weight excluding hydrogens is 362 g/mol. The Bertz CT molecular complexity index is 727.